The maximum atomic E-state index is 12.1. The summed E-state index contributed by atoms with van der Waals surface area (Å²) in [7, 11) is 1.55. The van der Waals surface area contributed by atoms with E-state index in [2.05, 4.69) is 20.5 Å². The molecule has 0 spiro atoms. The van der Waals surface area contributed by atoms with Crippen molar-refractivity contribution in [3.63, 3.8) is 0 Å². The van der Waals surface area contributed by atoms with E-state index in [1.165, 1.54) is 5.01 Å². The van der Waals surface area contributed by atoms with E-state index in [4.69, 9.17) is 0 Å². The van der Waals surface area contributed by atoms with E-state index >= 15 is 0 Å². The van der Waals surface area contributed by atoms with Gasteiger partial charge in [0.1, 0.15) is 5.71 Å². The minimum atomic E-state index is -0.262. The highest BCUT2D eigenvalue weighted by Gasteiger charge is 2.21. The number of aryl methyl sites for hydroxylation is 2. The zero-order valence-electron chi connectivity index (χ0n) is 14.5. The van der Waals surface area contributed by atoms with Gasteiger partial charge in [0, 0.05) is 38.3 Å². The molecule has 0 bridgehead atoms. The number of nitrogens with one attached hydrogen (secondary N) is 1. The van der Waals surface area contributed by atoms with Crippen LogP contribution in [0.25, 0.3) is 5.82 Å². The molecule has 0 radical (unpaired) electrons. The smallest absolute Gasteiger partial charge is 0.267 e. The Morgan fingerprint density at radius 3 is 2.68 bits per heavy atom. The molecule has 1 N–H and O–H groups in total. The van der Waals surface area contributed by atoms with Crippen molar-refractivity contribution < 1.29 is 9.59 Å². The highest BCUT2D eigenvalue weighted by molar-refractivity contribution is 6.39. The Kier molecular flexibility index (Phi) is 4.60. The van der Waals surface area contributed by atoms with Crippen molar-refractivity contribution in [1.82, 2.24) is 25.1 Å². The van der Waals surface area contributed by atoms with E-state index in [0.717, 1.165) is 22.8 Å². The van der Waals surface area contributed by atoms with Crippen LogP contribution in [0.15, 0.2) is 29.5 Å². The first kappa shape index (κ1) is 16.8. The lowest BCUT2D eigenvalue weighted by atomic mass is 10.1. The molecule has 3 rings (SSSR count). The third kappa shape index (κ3) is 3.73. The Morgan fingerprint density at radius 1 is 1.28 bits per heavy atom. The van der Waals surface area contributed by atoms with Crippen LogP contribution >= 0.6 is 0 Å². The van der Waals surface area contributed by atoms with Gasteiger partial charge in [0.05, 0.1) is 5.69 Å². The predicted octanol–water partition coefficient (Wildman–Crippen LogP) is 1.11. The molecule has 8 heteroatoms. The van der Waals surface area contributed by atoms with Gasteiger partial charge in [-0.25, -0.2) is 14.7 Å². The van der Waals surface area contributed by atoms with Crippen LogP contribution in [0.2, 0.25) is 0 Å². The van der Waals surface area contributed by atoms with Gasteiger partial charge in [0.2, 0.25) is 5.91 Å². The first-order chi connectivity index (χ1) is 11.9. The lowest BCUT2D eigenvalue weighted by Gasteiger charge is -2.18. The van der Waals surface area contributed by atoms with Crippen molar-refractivity contribution in [1.29, 1.82) is 0 Å². The van der Waals surface area contributed by atoms with Gasteiger partial charge >= 0.3 is 0 Å². The summed E-state index contributed by atoms with van der Waals surface area (Å²) in [5.41, 5.74) is 3.20. The molecule has 8 nitrogen and oxygen atoms in total. The average Bonchev–Trinajstić information content (AvgIpc) is 2.94. The quantitative estimate of drug-likeness (QED) is 0.902. The Hall–Kier alpha value is -3.03. The lowest BCUT2D eigenvalue weighted by Crippen LogP contribution is -2.37. The number of hydrogen-bond acceptors (Lipinski definition) is 5. The summed E-state index contributed by atoms with van der Waals surface area (Å²) in [6.07, 6.45) is 2.39. The van der Waals surface area contributed by atoms with Crippen LogP contribution in [0.3, 0.4) is 0 Å². The maximum Gasteiger partial charge on any atom is 0.267 e. The van der Waals surface area contributed by atoms with E-state index in [-0.39, 0.29) is 11.8 Å². The lowest BCUT2D eigenvalue weighted by molar-refractivity contribution is -0.130. The molecule has 130 valence electrons. The van der Waals surface area contributed by atoms with Gasteiger partial charge in [-0.3, -0.25) is 9.59 Å². The largest absolute Gasteiger partial charge is 0.347 e. The summed E-state index contributed by atoms with van der Waals surface area (Å²) in [4.78, 5) is 27.9. The fraction of sp³-hybridized carbons (Fsp3) is 0.353. The highest BCUT2D eigenvalue weighted by Crippen LogP contribution is 2.11. The summed E-state index contributed by atoms with van der Waals surface area (Å²) in [5.74, 6) is 0.389. The maximum absolute atomic E-state index is 12.1. The van der Waals surface area contributed by atoms with E-state index in [1.54, 1.807) is 17.9 Å². The summed E-state index contributed by atoms with van der Waals surface area (Å²) in [6, 6.07) is 5.76. The number of carbonyl (C=O) groups excluding carboxylic acids is 2. The fourth-order valence-corrected chi connectivity index (χ4v) is 2.62. The van der Waals surface area contributed by atoms with Gasteiger partial charge in [-0.05, 0) is 31.5 Å². The van der Waals surface area contributed by atoms with Crippen LogP contribution in [0, 0.1) is 13.8 Å². The Morgan fingerprint density at radius 2 is 2.08 bits per heavy atom. The number of rotatable bonds is 4. The van der Waals surface area contributed by atoms with Gasteiger partial charge in [-0.1, -0.05) is 6.07 Å². The predicted molar refractivity (Wildman–Crippen MR) is 92.1 cm³/mol. The SMILES string of the molecule is Cc1cc(C)n(-c2ccc(CNC(=O)C3=NN(C)C(=O)CC3)cn2)n1. The molecule has 0 aliphatic carbocycles. The molecule has 3 heterocycles. The average molecular weight is 340 g/mol. The molecule has 0 atom stereocenters. The molecule has 2 amide bonds. The third-order valence-electron chi connectivity index (χ3n) is 3.96. The van der Waals surface area contributed by atoms with Crippen LogP contribution in [0.4, 0.5) is 0 Å². The molecule has 2 aromatic rings. The first-order valence-electron chi connectivity index (χ1n) is 8.05. The molecule has 0 saturated heterocycles. The topological polar surface area (TPSA) is 92.5 Å². The Bertz CT molecular complexity index is 837. The zero-order chi connectivity index (χ0) is 18.0. The molecule has 1 aliphatic rings. The minimum absolute atomic E-state index is 0.0829. The molecule has 0 fully saturated rings. The van der Waals surface area contributed by atoms with Crippen LogP contribution in [-0.4, -0.2) is 44.3 Å². The summed E-state index contributed by atoms with van der Waals surface area (Å²) >= 11 is 0. The van der Waals surface area contributed by atoms with Crippen molar-refractivity contribution in [2.75, 3.05) is 7.05 Å². The van der Waals surface area contributed by atoms with Crippen LogP contribution in [0.5, 0.6) is 0 Å². The molecule has 0 unspecified atom stereocenters. The van der Waals surface area contributed by atoms with E-state index in [1.807, 2.05) is 32.0 Å². The van der Waals surface area contributed by atoms with E-state index in [9.17, 15) is 9.59 Å². The number of carbonyl (C=O) groups is 2. The van der Waals surface area contributed by atoms with Crippen molar-refractivity contribution in [3.05, 3.63) is 41.3 Å². The minimum Gasteiger partial charge on any atom is -0.347 e. The third-order valence-corrected chi connectivity index (χ3v) is 3.96. The monoisotopic (exact) mass is 340 g/mol. The number of amides is 2. The molecule has 25 heavy (non-hydrogen) atoms. The summed E-state index contributed by atoms with van der Waals surface area (Å²) in [5, 5.41) is 12.4. The zero-order valence-corrected chi connectivity index (χ0v) is 14.5. The van der Waals surface area contributed by atoms with Gasteiger partial charge in [-0.2, -0.15) is 10.2 Å². The number of hydrazone groups is 1. The highest BCUT2D eigenvalue weighted by atomic mass is 16.2. The molecular formula is C17H20N6O2. The van der Waals surface area contributed by atoms with Crippen LogP contribution < -0.4 is 5.32 Å². The second kappa shape index (κ2) is 6.84. The van der Waals surface area contributed by atoms with Gasteiger partial charge in [-0.15, -0.1) is 0 Å². The van der Waals surface area contributed by atoms with E-state index in [0.29, 0.717) is 25.1 Å². The van der Waals surface area contributed by atoms with Crippen molar-refractivity contribution in [3.8, 4) is 5.82 Å². The van der Waals surface area contributed by atoms with Gasteiger partial charge in [0.15, 0.2) is 5.82 Å². The fourth-order valence-electron chi connectivity index (χ4n) is 2.62. The number of aromatic nitrogens is 3. The number of nitrogens with zero attached hydrogens (tertiary/aromatic N) is 5. The van der Waals surface area contributed by atoms with Gasteiger partial charge in [0.25, 0.3) is 5.91 Å². The molecule has 1 aliphatic heterocycles. The Labute approximate surface area is 145 Å². The van der Waals surface area contributed by atoms with Gasteiger partial charge < -0.3 is 5.32 Å². The molecule has 2 aromatic heterocycles. The van der Waals surface area contributed by atoms with Crippen molar-refractivity contribution >= 4 is 17.5 Å². The first-order valence-corrected chi connectivity index (χ1v) is 8.05. The second-order valence-corrected chi connectivity index (χ2v) is 6.01. The van der Waals surface area contributed by atoms with Crippen LogP contribution in [-0.2, 0) is 16.1 Å². The summed E-state index contributed by atoms with van der Waals surface area (Å²) in [6.45, 7) is 4.26. The van der Waals surface area contributed by atoms with E-state index < -0.39 is 0 Å². The van der Waals surface area contributed by atoms with Crippen molar-refractivity contribution in [2.45, 2.75) is 33.2 Å². The second-order valence-electron chi connectivity index (χ2n) is 6.01. The van der Waals surface area contributed by atoms with Crippen molar-refractivity contribution in [2.24, 2.45) is 5.10 Å². The standard InChI is InChI=1S/C17H20N6O2/c1-11-8-12(2)23(20-11)15-6-4-13(9-18-15)10-19-17(25)14-5-7-16(24)22(3)21-14/h4,6,8-9H,5,7,10H2,1-3H3,(H,19,25). The molecule has 0 saturated carbocycles. The summed E-state index contributed by atoms with van der Waals surface area (Å²) < 4.78 is 1.78. The number of pyridine rings is 1. The number of hydrogen-bond donors (Lipinski definition) is 1. The molecular weight excluding hydrogens is 320 g/mol. The normalized spacial score (nSPS) is 14.4. The Balaban J connectivity index is 1.62. The molecule has 0 aromatic carbocycles. The van der Waals surface area contributed by atoms with Crippen LogP contribution in [0.1, 0.15) is 29.8 Å².